The normalized spacial score (nSPS) is 20.8. The second-order valence-electron chi connectivity index (χ2n) is 6.51. The molecule has 3 rings (SSSR count). The van der Waals surface area contributed by atoms with E-state index >= 15 is 0 Å². The zero-order chi connectivity index (χ0) is 17.8. The van der Waals surface area contributed by atoms with Crippen LogP contribution in [0.4, 0.5) is 0 Å². The van der Waals surface area contributed by atoms with Crippen molar-refractivity contribution in [3.63, 3.8) is 0 Å². The number of nitrogens with one attached hydrogen (secondary N) is 1. The van der Waals surface area contributed by atoms with Crippen LogP contribution in [0, 0.1) is 17.2 Å². The van der Waals surface area contributed by atoms with Crippen molar-refractivity contribution in [3.05, 3.63) is 47.8 Å². The monoisotopic (exact) mass is 338 g/mol. The van der Waals surface area contributed by atoms with Gasteiger partial charge < -0.3 is 9.88 Å². The van der Waals surface area contributed by atoms with Crippen molar-refractivity contribution in [1.82, 2.24) is 24.8 Å². The maximum atomic E-state index is 12.3. The van der Waals surface area contributed by atoms with Crippen molar-refractivity contribution in [3.8, 4) is 6.07 Å². The maximum absolute atomic E-state index is 12.3. The first-order valence-electron chi connectivity index (χ1n) is 8.41. The molecule has 0 aromatic carbocycles. The van der Waals surface area contributed by atoms with Crippen LogP contribution >= 0.6 is 0 Å². The number of rotatable bonds is 4. The van der Waals surface area contributed by atoms with Gasteiger partial charge >= 0.3 is 0 Å². The number of hydrogen-bond acceptors (Lipinski definition) is 5. The average molecular weight is 338 g/mol. The summed E-state index contributed by atoms with van der Waals surface area (Å²) in [6.07, 6.45) is 7.31. The third kappa shape index (κ3) is 3.69. The van der Waals surface area contributed by atoms with Crippen LogP contribution in [0.15, 0.2) is 30.9 Å². The minimum Gasteiger partial charge on any atom is -0.350 e. The Labute approximate surface area is 147 Å². The van der Waals surface area contributed by atoms with Gasteiger partial charge in [-0.3, -0.25) is 9.69 Å². The molecule has 1 amide bonds. The van der Waals surface area contributed by atoms with Gasteiger partial charge in [-0.05, 0) is 44.5 Å². The fourth-order valence-electron chi connectivity index (χ4n) is 3.50. The van der Waals surface area contributed by atoms with Crippen LogP contribution in [0.5, 0.6) is 0 Å². The Bertz CT molecular complexity index is 776. The number of imidazole rings is 1. The summed E-state index contributed by atoms with van der Waals surface area (Å²) >= 11 is 0. The molecular weight excluding hydrogens is 316 g/mol. The lowest BCUT2D eigenvalue weighted by molar-refractivity contribution is 0.0877. The summed E-state index contributed by atoms with van der Waals surface area (Å²) in [5.74, 6) is 0.109. The molecule has 130 valence electrons. The molecule has 1 aliphatic rings. The molecule has 0 unspecified atom stereocenters. The van der Waals surface area contributed by atoms with Gasteiger partial charge in [0.1, 0.15) is 11.8 Å². The third-order valence-electron chi connectivity index (χ3n) is 4.81. The van der Waals surface area contributed by atoms with Gasteiger partial charge in [-0.1, -0.05) is 0 Å². The lowest BCUT2D eigenvalue weighted by Gasteiger charge is -2.39. The number of pyridine rings is 1. The highest BCUT2D eigenvalue weighted by Gasteiger charge is 2.32. The second kappa shape index (κ2) is 7.45. The molecule has 0 radical (unpaired) electrons. The van der Waals surface area contributed by atoms with Crippen molar-refractivity contribution in [2.24, 2.45) is 13.0 Å². The molecule has 7 heteroatoms. The summed E-state index contributed by atoms with van der Waals surface area (Å²) in [7, 11) is 4.12. The molecule has 0 bridgehead atoms. The Balaban J connectivity index is 1.68. The Kier molecular flexibility index (Phi) is 5.10. The van der Waals surface area contributed by atoms with Crippen LogP contribution in [-0.4, -0.2) is 45.5 Å². The number of hydrogen-bond donors (Lipinski definition) is 1. The van der Waals surface area contributed by atoms with E-state index in [1.54, 1.807) is 12.1 Å². The van der Waals surface area contributed by atoms with Gasteiger partial charge in [0.05, 0.1) is 23.6 Å². The van der Waals surface area contributed by atoms with E-state index in [-0.39, 0.29) is 11.9 Å². The topological polar surface area (TPSA) is 86.8 Å². The Morgan fingerprint density at radius 2 is 2.24 bits per heavy atom. The largest absolute Gasteiger partial charge is 0.350 e. The summed E-state index contributed by atoms with van der Waals surface area (Å²) in [5, 5.41) is 11.8. The van der Waals surface area contributed by atoms with Crippen LogP contribution < -0.4 is 5.32 Å². The zero-order valence-electron chi connectivity index (χ0n) is 14.5. The van der Waals surface area contributed by atoms with E-state index in [1.807, 2.05) is 30.2 Å². The maximum Gasteiger partial charge on any atom is 0.269 e. The molecule has 1 fully saturated rings. The van der Waals surface area contributed by atoms with Crippen LogP contribution in [0.3, 0.4) is 0 Å². The van der Waals surface area contributed by atoms with Crippen molar-refractivity contribution in [2.75, 3.05) is 20.1 Å². The van der Waals surface area contributed by atoms with Crippen LogP contribution in [0.2, 0.25) is 0 Å². The number of aromatic nitrogens is 3. The minimum absolute atomic E-state index is 0.207. The molecule has 7 nitrogen and oxygen atoms in total. The second-order valence-corrected chi connectivity index (χ2v) is 6.51. The number of nitrogens with zero attached hydrogens (tertiary/aromatic N) is 5. The van der Waals surface area contributed by atoms with Gasteiger partial charge in [0.2, 0.25) is 0 Å². The number of piperidine rings is 1. The molecule has 2 aromatic rings. The Morgan fingerprint density at radius 3 is 2.88 bits per heavy atom. The Morgan fingerprint density at radius 1 is 1.40 bits per heavy atom. The van der Waals surface area contributed by atoms with Crippen LogP contribution in [0.25, 0.3) is 0 Å². The van der Waals surface area contributed by atoms with E-state index in [0.29, 0.717) is 23.7 Å². The Hall–Kier alpha value is -2.72. The molecule has 0 saturated carbocycles. The van der Waals surface area contributed by atoms with Gasteiger partial charge in [0, 0.05) is 26.0 Å². The van der Waals surface area contributed by atoms with E-state index in [9.17, 15) is 4.79 Å². The number of carbonyl (C=O) groups is 1. The smallest absolute Gasteiger partial charge is 0.269 e. The summed E-state index contributed by atoms with van der Waals surface area (Å²) < 4.78 is 2.05. The molecule has 25 heavy (non-hydrogen) atoms. The van der Waals surface area contributed by atoms with Gasteiger partial charge in [0.25, 0.3) is 5.91 Å². The van der Waals surface area contributed by atoms with E-state index in [1.165, 1.54) is 6.20 Å². The number of nitriles is 1. The predicted molar refractivity (Wildman–Crippen MR) is 92.6 cm³/mol. The lowest BCUT2D eigenvalue weighted by atomic mass is 9.87. The summed E-state index contributed by atoms with van der Waals surface area (Å²) in [6.45, 7) is 1.62. The van der Waals surface area contributed by atoms with E-state index in [2.05, 4.69) is 27.2 Å². The number of carbonyl (C=O) groups excluding carboxylic acids is 1. The molecule has 1 aliphatic heterocycles. The number of amides is 1. The number of aryl methyl sites for hydroxylation is 1. The van der Waals surface area contributed by atoms with E-state index < -0.39 is 0 Å². The first-order chi connectivity index (χ1) is 12.1. The quantitative estimate of drug-likeness (QED) is 0.913. The van der Waals surface area contributed by atoms with Gasteiger partial charge in [-0.2, -0.15) is 5.26 Å². The van der Waals surface area contributed by atoms with Crippen molar-refractivity contribution in [2.45, 2.75) is 18.9 Å². The van der Waals surface area contributed by atoms with Crippen LogP contribution in [-0.2, 0) is 7.05 Å². The van der Waals surface area contributed by atoms with Crippen LogP contribution in [0.1, 0.15) is 40.6 Å². The SMILES string of the molecule is CN1CCC[C@@H](CNC(=O)c2ccc(C#N)cn2)[C@@H]1c1cncn1C. The minimum atomic E-state index is -0.207. The van der Waals surface area contributed by atoms with Crippen molar-refractivity contribution >= 4 is 5.91 Å². The molecule has 1 N–H and O–H groups in total. The highest BCUT2D eigenvalue weighted by Crippen LogP contribution is 2.34. The van der Waals surface area contributed by atoms with Gasteiger partial charge in [0.15, 0.2) is 0 Å². The average Bonchev–Trinajstić information content (AvgIpc) is 3.05. The van der Waals surface area contributed by atoms with Crippen molar-refractivity contribution in [1.29, 1.82) is 5.26 Å². The molecule has 1 saturated heterocycles. The standard InChI is InChI=1S/C18H22N6O/c1-23-7-3-4-14(17(23)16-11-20-12-24(16)2)10-22-18(25)15-6-5-13(8-19)9-21-15/h5-6,9,11-12,14,17H,3-4,7,10H2,1-2H3,(H,22,25)/t14-,17+/m0/s1. The zero-order valence-corrected chi connectivity index (χ0v) is 14.5. The van der Waals surface area contributed by atoms with Gasteiger partial charge in [-0.25, -0.2) is 9.97 Å². The summed E-state index contributed by atoms with van der Waals surface area (Å²) in [6, 6.07) is 5.42. The first kappa shape index (κ1) is 17.1. The molecule has 0 aliphatic carbocycles. The molecular formula is C18H22N6O. The first-order valence-corrected chi connectivity index (χ1v) is 8.41. The van der Waals surface area contributed by atoms with E-state index in [4.69, 9.17) is 5.26 Å². The lowest BCUT2D eigenvalue weighted by Crippen LogP contribution is -2.42. The molecule has 2 atom stereocenters. The number of likely N-dealkylation sites (tertiary alicyclic amines) is 1. The van der Waals surface area contributed by atoms with Crippen molar-refractivity contribution < 1.29 is 4.79 Å². The predicted octanol–water partition coefficient (Wildman–Crippen LogP) is 1.50. The van der Waals surface area contributed by atoms with E-state index in [0.717, 1.165) is 25.1 Å². The fraction of sp³-hybridized carbons (Fsp3) is 0.444. The third-order valence-corrected chi connectivity index (χ3v) is 4.81. The summed E-state index contributed by atoms with van der Waals surface area (Å²) in [5.41, 5.74) is 1.94. The fourth-order valence-corrected chi connectivity index (χ4v) is 3.50. The molecule has 0 spiro atoms. The highest BCUT2D eigenvalue weighted by atomic mass is 16.1. The molecule has 2 aromatic heterocycles. The van der Waals surface area contributed by atoms with Gasteiger partial charge in [-0.15, -0.1) is 0 Å². The summed E-state index contributed by atoms with van der Waals surface area (Å²) in [4.78, 5) is 23.0. The molecule has 3 heterocycles. The highest BCUT2D eigenvalue weighted by molar-refractivity contribution is 5.92.